The Morgan fingerprint density at radius 2 is 1.88 bits per heavy atom. The molecule has 16 heavy (non-hydrogen) atoms. The quantitative estimate of drug-likeness (QED) is 0.646. The van der Waals surface area contributed by atoms with Crippen LogP contribution in [-0.4, -0.2) is 0 Å². The van der Waals surface area contributed by atoms with Gasteiger partial charge in [0.05, 0.1) is 1.37 Å². The minimum absolute atomic E-state index is 0.0488. The molecule has 0 amide bonds. The van der Waals surface area contributed by atoms with Crippen LogP contribution in [0.25, 0.3) is 11.3 Å². The predicted octanol–water partition coefficient (Wildman–Crippen LogP) is 3.10. The molecule has 0 saturated heterocycles. The average Bonchev–Trinajstić information content (AvgIpc) is 2.37. The van der Waals surface area contributed by atoms with Crippen molar-refractivity contribution in [2.24, 2.45) is 7.05 Å². The molecule has 0 saturated carbocycles. The Morgan fingerprint density at radius 1 is 1.12 bits per heavy atom. The molecule has 1 aromatic carbocycles. The van der Waals surface area contributed by atoms with Gasteiger partial charge in [0.25, 0.3) is 0 Å². The molecule has 0 aliphatic heterocycles. The van der Waals surface area contributed by atoms with Crippen molar-refractivity contribution in [3.8, 4) is 11.3 Å². The summed E-state index contributed by atoms with van der Waals surface area (Å²) in [5, 5.41) is 0. The third-order valence-electron chi connectivity index (χ3n) is 2.70. The fourth-order valence-corrected chi connectivity index (χ4v) is 1.72. The first kappa shape index (κ1) is 6.19. The van der Waals surface area contributed by atoms with Crippen molar-refractivity contribution in [3.05, 3.63) is 53.2 Å². The van der Waals surface area contributed by atoms with Gasteiger partial charge >= 0.3 is 0 Å². The second kappa shape index (κ2) is 4.09. The fourth-order valence-electron chi connectivity index (χ4n) is 1.72. The van der Waals surface area contributed by atoms with Crippen molar-refractivity contribution < 1.29 is 11.4 Å². The Balaban J connectivity index is 2.87. The van der Waals surface area contributed by atoms with E-state index in [9.17, 15) is 0 Å². The smallest absolute Gasteiger partial charge is 0.201 e. The molecule has 1 aromatic heterocycles. The van der Waals surface area contributed by atoms with Crippen LogP contribution < -0.4 is 4.57 Å². The second-order valence-electron chi connectivity index (χ2n) is 3.96. The molecule has 0 unspecified atom stereocenters. The molecule has 0 fully saturated rings. The average molecular weight is 217 g/mol. The molecule has 0 radical (unpaired) electrons. The number of rotatable bonds is 1. The molecular formula is C15H18N+. The number of aromatic nitrogens is 1. The Morgan fingerprint density at radius 3 is 2.56 bits per heavy atom. The maximum Gasteiger partial charge on any atom is 0.212 e. The molecule has 0 aliphatic rings. The lowest BCUT2D eigenvalue weighted by Gasteiger charge is -2.06. The number of nitrogens with zero attached hydrogens (tertiary/aromatic N) is 1. The summed E-state index contributed by atoms with van der Waals surface area (Å²) in [6, 6.07) is 7.77. The van der Waals surface area contributed by atoms with Gasteiger partial charge in [-0.05, 0) is 37.9 Å². The molecule has 0 aliphatic carbocycles. The van der Waals surface area contributed by atoms with E-state index in [1.54, 1.807) is 14.0 Å². The first-order valence-electron chi connectivity index (χ1n) is 7.72. The molecule has 1 heteroatoms. The summed E-state index contributed by atoms with van der Waals surface area (Å²) in [6.45, 7) is 1.15. The van der Waals surface area contributed by atoms with Gasteiger partial charge in [-0.15, -0.1) is 0 Å². The van der Waals surface area contributed by atoms with Gasteiger partial charge in [0, 0.05) is 21.3 Å². The Bertz CT molecular complexity index is 675. The SMILES string of the molecule is [2H]c1c(C)c(C([2H])([2H])[2H])c([2H])[n+](C)c1-c1ccccc1C. The van der Waals surface area contributed by atoms with Gasteiger partial charge in [0.2, 0.25) is 5.69 Å². The molecule has 82 valence electrons. The molecule has 2 aromatic rings. The van der Waals surface area contributed by atoms with E-state index >= 15 is 0 Å². The van der Waals surface area contributed by atoms with Crippen LogP contribution in [0.3, 0.4) is 0 Å². The minimum atomic E-state index is -2.39. The predicted molar refractivity (Wildman–Crippen MR) is 67.3 cm³/mol. The van der Waals surface area contributed by atoms with Crippen LogP contribution in [-0.2, 0) is 7.05 Å². The normalized spacial score (nSPS) is 15.8. The molecule has 0 N–H and O–H groups in total. The van der Waals surface area contributed by atoms with E-state index in [0.717, 1.165) is 11.1 Å². The first-order valence-corrected chi connectivity index (χ1v) is 5.22. The number of hydrogen-bond acceptors (Lipinski definition) is 0. The highest BCUT2D eigenvalue weighted by molar-refractivity contribution is 5.61. The van der Waals surface area contributed by atoms with Crippen molar-refractivity contribution in [2.75, 3.05) is 0 Å². The topological polar surface area (TPSA) is 3.88 Å². The van der Waals surface area contributed by atoms with Gasteiger partial charge in [0.1, 0.15) is 8.42 Å². The zero-order valence-corrected chi connectivity index (χ0v) is 9.76. The van der Waals surface area contributed by atoms with Crippen molar-refractivity contribution >= 4 is 0 Å². The van der Waals surface area contributed by atoms with E-state index < -0.39 is 6.85 Å². The molecular weight excluding hydrogens is 194 g/mol. The third-order valence-corrected chi connectivity index (χ3v) is 2.70. The lowest BCUT2D eigenvalue weighted by atomic mass is 10.0. The first-order chi connectivity index (χ1) is 9.66. The van der Waals surface area contributed by atoms with Crippen LogP contribution in [0.2, 0.25) is 0 Å². The molecule has 2 rings (SSSR count). The summed E-state index contributed by atoms with van der Waals surface area (Å²) >= 11 is 0. The van der Waals surface area contributed by atoms with E-state index in [2.05, 4.69) is 0 Å². The monoisotopic (exact) mass is 217 g/mol. The van der Waals surface area contributed by atoms with E-state index in [0.29, 0.717) is 11.3 Å². The van der Waals surface area contributed by atoms with E-state index in [4.69, 9.17) is 6.85 Å². The maximum atomic E-state index is 8.33. The zero-order chi connectivity index (χ0) is 15.9. The van der Waals surface area contributed by atoms with Gasteiger partial charge in [-0.25, -0.2) is 4.57 Å². The van der Waals surface area contributed by atoms with Crippen LogP contribution >= 0.6 is 0 Å². The Kier molecular flexibility index (Phi) is 1.58. The number of hydrogen-bond donors (Lipinski definition) is 0. The molecule has 1 heterocycles. The van der Waals surface area contributed by atoms with E-state index in [1.165, 1.54) is 4.57 Å². The van der Waals surface area contributed by atoms with Crippen molar-refractivity contribution in [2.45, 2.75) is 20.7 Å². The Labute approximate surface area is 104 Å². The molecule has 1 nitrogen and oxygen atoms in total. The van der Waals surface area contributed by atoms with Crippen molar-refractivity contribution in [1.29, 1.82) is 0 Å². The lowest BCUT2D eigenvalue weighted by molar-refractivity contribution is -0.660. The summed E-state index contributed by atoms with van der Waals surface area (Å²) in [4.78, 5) is 0. The van der Waals surface area contributed by atoms with E-state index in [-0.39, 0.29) is 17.8 Å². The molecule has 0 spiro atoms. The summed E-state index contributed by atoms with van der Waals surface area (Å²) in [6.07, 6.45) is -0.0678. The van der Waals surface area contributed by atoms with Crippen LogP contribution in [0.5, 0.6) is 0 Å². The maximum absolute atomic E-state index is 8.33. The van der Waals surface area contributed by atoms with Crippen LogP contribution in [0.4, 0.5) is 0 Å². The second-order valence-corrected chi connectivity index (χ2v) is 3.96. The lowest BCUT2D eigenvalue weighted by Crippen LogP contribution is -2.31. The van der Waals surface area contributed by atoms with Crippen molar-refractivity contribution in [1.82, 2.24) is 0 Å². The minimum Gasteiger partial charge on any atom is -0.201 e. The fraction of sp³-hybridized carbons (Fsp3) is 0.267. The van der Waals surface area contributed by atoms with Gasteiger partial charge in [-0.2, -0.15) is 0 Å². The highest BCUT2D eigenvalue weighted by Crippen LogP contribution is 2.21. The van der Waals surface area contributed by atoms with Gasteiger partial charge in [-0.3, -0.25) is 0 Å². The summed E-state index contributed by atoms with van der Waals surface area (Å²) < 4.78 is 40.7. The van der Waals surface area contributed by atoms with E-state index in [1.807, 2.05) is 31.2 Å². The largest absolute Gasteiger partial charge is 0.212 e. The van der Waals surface area contributed by atoms with Crippen LogP contribution in [0, 0.1) is 20.7 Å². The van der Waals surface area contributed by atoms with Gasteiger partial charge < -0.3 is 0 Å². The standard InChI is InChI=1S/C15H18N/c1-11-7-5-6-8-14(11)15-9-12(2)13(3)10-16(15)4/h5-10H,1-4H3/q+1/i3D3,9D,10D. The highest BCUT2D eigenvalue weighted by atomic mass is 14.9. The zero-order valence-electron chi connectivity index (χ0n) is 14.8. The summed E-state index contributed by atoms with van der Waals surface area (Å²) in [5.41, 5.74) is 2.70. The number of aryl methyl sites for hydroxylation is 1. The summed E-state index contributed by atoms with van der Waals surface area (Å²) in [7, 11) is 1.64. The van der Waals surface area contributed by atoms with Crippen molar-refractivity contribution in [3.63, 3.8) is 0 Å². The van der Waals surface area contributed by atoms with Gasteiger partial charge in [-0.1, -0.05) is 18.2 Å². The number of pyridine rings is 1. The van der Waals surface area contributed by atoms with Crippen LogP contribution in [0.15, 0.2) is 36.5 Å². The molecule has 0 bridgehead atoms. The van der Waals surface area contributed by atoms with Gasteiger partial charge in [0.15, 0.2) is 6.17 Å². The third kappa shape index (κ3) is 1.85. The van der Waals surface area contributed by atoms with Crippen LogP contribution in [0.1, 0.15) is 23.5 Å². The summed E-state index contributed by atoms with van der Waals surface area (Å²) in [5.74, 6) is 0. The Hall–Kier alpha value is -1.63. The number of benzene rings is 1. The highest BCUT2D eigenvalue weighted by Gasteiger charge is 2.13. The molecule has 0 atom stereocenters.